The zero-order chi connectivity index (χ0) is 24.8. The minimum Gasteiger partial charge on any atom is -0.479 e. The fourth-order valence-electron chi connectivity index (χ4n) is 3.70. The van der Waals surface area contributed by atoms with Crippen molar-refractivity contribution < 1.29 is 19.4 Å². The molecule has 0 aromatic heterocycles. The van der Waals surface area contributed by atoms with Crippen LogP contribution >= 0.6 is 11.8 Å². The summed E-state index contributed by atoms with van der Waals surface area (Å²) < 4.78 is 4.65. The van der Waals surface area contributed by atoms with E-state index in [1.54, 1.807) is 20.8 Å². The normalized spacial score (nSPS) is 13.5. The lowest BCUT2D eigenvalue weighted by Crippen LogP contribution is -2.55. The van der Waals surface area contributed by atoms with E-state index in [1.165, 1.54) is 18.7 Å². The Bertz CT molecular complexity index is 1000. The molecule has 1 atom stereocenters. The van der Waals surface area contributed by atoms with E-state index in [0.29, 0.717) is 0 Å². The first-order valence-electron chi connectivity index (χ1n) is 11.1. The van der Waals surface area contributed by atoms with Gasteiger partial charge in [-0.05, 0) is 44.4 Å². The minimum atomic E-state index is -1.56. The maximum atomic E-state index is 12.5. The second kappa shape index (κ2) is 10.3. The Morgan fingerprint density at radius 3 is 1.47 bits per heavy atom. The highest BCUT2D eigenvalue weighted by atomic mass is 32.2. The van der Waals surface area contributed by atoms with Gasteiger partial charge in [0.2, 0.25) is 0 Å². The summed E-state index contributed by atoms with van der Waals surface area (Å²) in [6, 6.07) is 30.0. The predicted molar refractivity (Wildman–Crippen MR) is 137 cm³/mol. The average molecular weight is 478 g/mol. The topological polar surface area (TPSA) is 75.6 Å². The molecule has 0 saturated carbocycles. The first-order chi connectivity index (χ1) is 16.1. The molecule has 0 saturated heterocycles. The number of carbonyl (C=O) groups is 2. The smallest absolute Gasteiger partial charge is 0.408 e. The molecule has 0 fully saturated rings. The van der Waals surface area contributed by atoms with Crippen LogP contribution in [0, 0.1) is 0 Å². The fraction of sp³-hybridized carbons (Fsp3) is 0.286. The average Bonchev–Trinajstić information content (AvgIpc) is 2.80. The number of nitrogens with one attached hydrogen (secondary N) is 1. The third kappa shape index (κ3) is 5.81. The lowest BCUT2D eigenvalue weighted by atomic mass is 9.84. The van der Waals surface area contributed by atoms with E-state index in [1.807, 2.05) is 91.0 Å². The van der Waals surface area contributed by atoms with Crippen LogP contribution < -0.4 is 5.32 Å². The van der Waals surface area contributed by atoms with Crippen molar-refractivity contribution in [2.45, 2.75) is 43.6 Å². The number of benzene rings is 3. The molecule has 178 valence electrons. The highest BCUT2D eigenvalue weighted by Crippen LogP contribution is 2.49. The molecule has 1 amide bonds. The summed E-state index contributed by atoms with van der Waals surface area (Å²) in [6.45, 7) is 6.73. The first kappa shape index (κ1) is 25.4. The number of carbonyl (C=O) groups excluding carboxylic acids is 1. The van der Waals surface area contributed by atoms with Crippen molar-refractivity contribution in [2.24, 2.45) is 0 Å². The lowest BCUT2D eigenvalue weighted by Gasteiger charge is -2.38. The molecule has 3 aromatic rings. The highest BCUT2D eigenvalue weighted by Gasteiger charge is 2.43. The lowest BCUT2D eigenvalue weighted by molar-refractivity contribution is -0.143. The van der Waals surface area contributed by atoms with Gasteiger partial charge < -0.3 is 15.2 Å². The Morgan fingerprint density at radius 1 is 0.765 bits per heavy atom. The second-order valence-corrected chi connectivity index (χ2v) is 10.5. The molecule has 6 heteroatoms. The van der Waals surface area contributed by atoms with Crippen LogP contribution in [0.15, 0.2) is 91.0 Å². The number of aliphatic carboxylic acids is 1. The summed E-state index contributed by atoms with van der Waals surface area (Å²) in [6.07, 6.45) is -0.761. The van der Waals surface area contributed by atoms with Gasteiger partial charge in [-0.1, -0.05) is 91.0 Å². The van der Waals surface area contributed by atoms with Gasteiger partial charge in [0.25, 0.3) is 0 Å². The Morgan fingerprint density at radius 2 is 1.15 bits per heavy atom. The molecule has 0 spiro atoms. The SMILES string of the molecule is CC(C)(C)OC(=O)N[C@@](C)(CSC(c1ccccc1)(c1ccccc1)c1ccccc1)C(=O)O. The van der Waals surface area contributed by atoms with Crippen LogP contribution in [0.2, 0.25) is 0 Å². The van der Waals surface area contributed by atoms with E-state index in [0.717, 1.165) is 16.7 Å². The van der Waals surface area contributed by atoms with E-state index < -0.39 is 27.9 Å². The monoisotopic (exact) mass is 477 g/mol. The molecule has 0 aliphatic carbocycles. The van der Waals surface area contributed by atoms with Gasteiger partial charge in [-0.25, -0.2) is 9.59 Å². The van der Waals surface area contributed by atoms with Crippen molar-refractivity contribution in [3.63, 3.8) is 0 Å². The van der Waals surface area contributed by atoms with Gasteiger partial charge in [0, 0.05) is 5.75 Å². The van der Waals surface area contributed by atoms with Gasteiger partial charge in [0.1, 0.15) is 11.1 Å². The number of carboxylic acid groups (broad SMARTS) is 1. The number of rotatable bonds is 8. The number of amides is 1. The second-order valence-electron chi connectivity index (χ2n) is 9.33. The van der Waals surface area contributed by atoms with Crippen molar-refractivity contribution >= 4 is 23.8 Å². The van der Waals surface area contributed by atoms with E-state index >= 15 is 0 Å². The van der Waals surface area contributed by atoms with Gasteiger partial charge in [-0.2, -0.15) is 0 Å². The molecule has 0 heterocycles. The number of hydrogen-bond acceptors (Lipinski definition) is 4. The molecule has 0 unspecified atom stereocenters. The number of thioether (sulfide) groups is 1. The number of alkyl carbamates (subject to hydrolysis) is 1. The van der Waals surface area contributed by atoms with E-state index in [4.69, 9.17) is 4.74 Å². The van der Waals surface area contributed by atoms with E-state index in [9.17, 15) is 14.7 Å². The largest absolute Gasteiger partial charge is 0.479 e. The maximum absolute atomic E-state index is 12.5. The van der Waals surface area contributed by atoms with Gasteiger partial charge in [-0.15, -0.1) is 11.8 Å². The van der Waals surface area contributed by atoms with Gasteiger partial charge >= 0.3 is 12.1 Å². The van der Waals surface area contributed by atoms with Crippen molar-refractivity contribution in [1.29, 1.82) is 0 Å². The standard InChI is InChI=1S/C28H31NO4S/c1-26(2,3)33-25(32)29-27(4,24(30)31)20-34-28(21-14-8-5-9-15-21,22-16-10-6-11-17-22)23-18-12-7-13-19-23/h5-19H,20H2,1-4H3,(H,29,32)(H,30,31)/t27-/m0/s1. The molecular formula is C28H31NO4S. The summed E-state index contributed by atoms with van der Waals surface area (Å²) in [5, 5.41) is 12.7. The molecule has 3 aromatic carbocycles. The van der Waals surface area contributed by atoms with Crippen LogP contribution in [0.3, 0.4) is 0 Å². The van der Waals surface area contributed by atoms with Crippen molar-refractivity contribution in [3.05, 3.63) is 108 Å². The van der Waals surface area contributed by atoms with Crippen LogP contribution in [-0.4, -0.2) is 34.1 Å². The molecule has 0 radical (unpaired) electrons. The molecular weight excluding hydrogens is 446 g/mol. The Balaban J connectivity index is 2.08. The van der Waals surface area contributed by atoms with Crippen LogP contribution in [-0.2, 0) is 14.3 Å². The van der Waals surface area contributed by atoms with Gasteiger partial charge in [-0.3, -0.25) is 0 Å². The van der Waals surface area contributed by atoms with Crippen molar-refractivity contribution in [3.8, 4) is 0 Å². The molecule has 0 aliphatic rings. The maximum Gasteiger partial charge on any atom is 0.408 e. The molecule has 2 N–H and O–H groups in total. The number of hydrogen-bond donors (Lipinski definition) is 2. The quantitative estimate of drug-likeness (QED) is 0.385. The van der Waals surface area contributed by atoms with Crippen molar-refractivity contribution in [1.82, 2.24) is 5.32 Å². The van der Waals surface area contributed by atoms with E-state index in [2.05, 4.69) is 5.32 Å². The Labute approximate surface area is 205 Å². The van der Waals surface area contributed by atoms with Crippen molar-refractivity contribution in [2.75, 3.05) is 5.75 Å². The fourth-order valence-corrected chi connectivity index (χ4v) is 5.31. The third-order valence-electron chi connectivity index (χ3n) is 5.37. The van der Waals surface area contributed by atoms with Crippen LogP contribution in [0.4, 0.5) is 4.79 Å². The molecule has 0 aliphatic heterocycles. The van der Waals surface area contributed by atoms with Gasteiger partial charge in [0.05, 0.1) is 4.75 Å². The highest BCUT2D eigenvalue weighted by molar-refractivity contribution is 8.00. The number of carboxylic acids is 1. The Hall–Kier alpha value is -3.25. The molecule has 5 nitrogen and oxygen atoms in total. The molecule has 3 rings (SSSR count). The molecule has 34 heavy (non-hydrogen) atoms. The zero-order valence-corrected chi connectivity index (χ0v) is 20.8. The summed E-state index contributed by atoms with van der Waals surface area (Å²) in [7, 11) is 0. The van der Waals surface area contributed by atoms with Crippen LogP contribution in [0.25, 0.3) is 0 Å². The van der Waals surface area contributed by atoms with Crippen LogP contribution in [0.5, 0.6) is 0 Å². The van der Waals surface area contributed by atoms with Crippen LogP contribution in [0.1, 0.15) is 44.4 Å². The number of ether oxygens (including phenoxy) is 1. The third-order valence-corrected chi connectivity index (χ3v) is 7.23. The summed E-state index contributed by atoms with van der Waals surface area (Å²) in [5.41, 5.74) is 0.752. The van der Waals surface area contributed by atoms with E-state index in [-0.39, 0.29) is 5.75 Å². The summed E-state index contributed by atoms with van der Waals surface area (Å²) in [5.74, 6) is -1.03. The molecule has 0 bridgehead atoms. The Kier molecular flexibility index (Phi) is 7.72. The first-order valence-corrected chi connectivity index (χ1v) is 12.1. The summed E-state index contributed by atoms with van der Waals surface area (Å²) in [4.78, 5) is 24.9. The summed E-state index contributed by atoms with van der Waals surface area (Å²) >= 11 is 1.47. The van der Waals surface area contributed by atoms with Gasteiger partial charge in [0.15, 0.2) is 0 Å². The predicted octanol–water partition coefficient (Wildman–Crippen LogP) is 6.08. The minimum absolute atomic E-state index is 0.0975. The zero-order valence-electron chi connectivity index (χ0n) is 19.9.